The zero-order chi connectivity index (χ0) is 15.9. The minimum Gasteiger partial charge on any atom is -0.377 e. The first-order valence-corrected chi connectivity index (χ1v) is 7.78. The standard InChI is InChI=1S/C18H22N2O2/c1-12-6-4-9-16(17(21)10-12)20-11-14-13(18(20)22)7-5-8-15(14)19(2)3/h5,7-8,16H,1,4,6,9-11H2,2-3H3/t16-/m0/s1. The van der Waals surface area contributed by atoms with Crippen LogP contribution in [0.4, 0.5) is 5.69 Å². The second-order valence-electron chi connectivity index (χ2n) is 6.43. The molecular formula is C18H22N2O2. The molecule has 22 heavy (non-hydrogen) atoms. The van der Waals surface area contributed by atoms with Crippen LogP contribution in [0.1, 0.15) is 41.6 Å². The third kappa shape index (κ3) is 2.43. The highest BCUT2D eigenvalue weighted by Crippen LogP contribution is 2.34. The van der Waals surface area contributed by atoms with E-state index in [-0.39, 0.29) is 17.7 Å². The molecule has 1 amide bonds. The fraction of sp³-hybridized carbons (Fsp3) is 0.444. The molecule has 1 aliphatic carbocycles. The van der Waals surface area contributed by atoms with Crippen molar-refractivity contribution in [1.29, 1.82) is 0 Å². The fourth-order valence-electron chi connectivity index (χ4n) is 3.50. The smallest absolute Gasteiger partial charge is 0.255 e. The number of rotatable bonds is 2. The Hall–Kier alpha value is -2.10. The van der Waals surface area contributed by atoms with Crippen molar-refractivity contribution in [1.82, 2.24) is 4.90 Å². The Balaban J connectivity index is 1.92. The Bertz CT molecular complexity index is 648. The van der Waals surface area contributed by atoms with Crippen molar-refractivity contribution in [2.45, 2.75) is 38.3 Å². The molecule has 2 aliphatic rings. The number of Topliss-reactive ketones (excluding diaryl/α,β-unsaturated/α-hetero) is 1. The largest absolute Gasteiger partial charge is 0.377 e. The molecule has 0 spiro atoms. The lowest BCUT2D eigenvalue weighted by atomic mass is 10.1. The van der Waals surface area contributed by atoms with Crippen molar-refractivity contribution >= 4 is 17.4 Å². The molecule has 4 heteroatoms. The molecule has 4 nitrogen and oxygen atoms in total. The van der Waals surface area contributed by atoms with Gasteiger partial charge in [0.15, 0.2) is 5.78 Å². The Morgan fingerprint density at radius 1 is 1.27 bits per heavy atom. The molecule has 1 saturated carbocycles. The van der Waals surface area contributed by atoms with Crippen LogP contribution in [0.25, 0.3) is 0 Å². The zero-order valence-electron chi connectivity index (χ0n) is 13.3. The molecular weight excluding hydrogens is 276 g/mol. The number of hydrogen-bond acceptors (Lipinski definition) is 3. The summed E-state index contributed by atoms with van der Waals surface area (Å²) >= 11 is 0. The molecule has 0 unspecified atom stereocenters. The van der Waals surface area contributed by atoms with Crippen molar-refractivity contribution < 1.29 is 9.59 Å². The highest BCUT2D eigenvalue weighted by atomic mass is 16.2. The van der Waals surface area contributed by atoms with Gasteiger partial charge in [-0.15, -0.1) is 0 Å². The minimum atomic E-state index is -0.297. The monoisotopic (exact) mass is 298 g/mol. The molecule has 1 fully saturated rings. The first-order valence-electron chi connectivity index (χ1n) is 7.78. The quantitative estimate of drug-likeness (QED) is 0.622. The van der Waals surface area contributed by atoms with Crippen LogP contribution < -0.4 is 4.90 Å². The summed E-state index contributed by atoms with van der Waals surface area (Å²) in [4.78, 5) is 29.0. The number of nitrogens with zero attached hydrogens (tertiary/aromatic N) is 2. The lowest BCUT2D eigenvalue weighted by Gasteiger charge is -2.25. The Morgan fingerprint density at radius 3 is 2.77 bits per heavy atom. The number of carbonyl (C=O) groups excluding carboxylic acids is 2. The van der Waals surface area contributed by atoms with Gasteiger partial charge in [0.05, 0.1) is 6.04 Å². The molecule has 116 valence electrons. The summed E-state index contributed by atoms with van der Waals surface area (Å²) in [5.74, 6) is 0.125. The predicted octanol–water partition coefficient (Wildman–Crippen LogP) is 2.78. The molecule has 0 radical (unpaired) electrons. The van der Waals surface area contributed by atoms with Gasteiger partial charge in [-0.2, -0.15) is 0 Å². The predicted molar refractivity (Wildman–Crippen MR) is 87.0 cm³/mol. The van der Waals surface area contributed by atoms with E-state index >= 15 is 0 Å². The normalized spacial score (nSPS) is 21.8. The van der Waals surface area contributed by atoms with E-state index in [4.69, 9.17) is 0 Å². The van der Waals surface area contributed by atoms with Gasteiger partial charge in [0.2, 0.25) is 0 Å². The third-order valence-corrected chi connectivity index (χ3v) is 4.63. The van der Waals surface area contributed by atoms with E-state index in [0.29, 0.717) is 13.0 Å². The Kier molecular flexibility index (Phi) is 3.77. The van der Waals surface area contributed by atoms with Crippen LogP contribution in [-0.2, 0) is 11.3 Å². The Labute approximate surface area is 131 Å². The SMILES string of the molecule is C=C1CCC[C@H](N2Cc3c(cccc3N(C)C)C2=O)C(=O)C1. The number of allylic oxidation sites excluding steroid dienone is 1. The van der Waals surface area contributed by atoms with Crippen LogP contribution in [0.2, 0.25) is 0 Å². The van der Waals surface area contributed by atoms with Gasteiger partial charge >= 0.3 is 0 Å². The summed E-state index contributed by atoms with van der Waals surface area (Å²) in [6.07, 6.45) is 2.97. The molecule has 0 bridgehead atoms. The maximum absolute atomic E-state index is 12.7. The van der Waals surface area contributed by atoms with Gasteiger partial charge in [-0.25, -0.2) is 0 Å². The van der Waals surface area contributed by atoms with Gasteiger partial charge in [-0.05, 0) is 31.4 Å². The molecule has 1 aliphatic heterocycles. The van der Waals surface area contributed by atoms with Gasteiger partial charge in [-0.3, -0.25) is 9.59 Å². The second kappa shape index (κ2) is 5.59. The van der Waals surface area contributed by atoms with Gasteiger partial charge in [0, 0.05) is 43.9 Å². The van der Waals surface area contributed by atoms with E-state index in [2.05, 4.69) is 6.58 Å². The minimum absolute atomic E-state index is 0.00966. The number of hydrogen-bond donors (Lipinski definition) is 0. The van der Waals surface area contributed by atoms with Crippen molar-refractivity contribution in [2.75, 3.05) is 19.0 Å². The van der Waals surface area contributed by atoms with Crippen LogP contribution >= 0.6 is 0 Å². The molecule has 0 aromatic heterocycles. The topological polar surface area (TPSA) is 40.6 Å². The summed E-state index contributed by atoms with van der Waals surface area (Å²) in [6.45, 7) is 4.48. The van der Waals surface area contributed by atoms with Crippen molar-refractivity contribution in [3.63, 3.8) is 0 Å². The van der Waals surface area contributed by atoms with Gasteiger partial charge in [0.25, 0.3) is 5.91 Å². The van der Waals surface area contributed by atoms with Crippen LogP contribution in [0.3, 0.4) is 0 Å². The molecule has 0 saturated heterocycles. The average Bonchev–Trinajstić information content (AvgIpc) is 2.70. The fourth-order valence-corrected chi connectivity index (χ4v) is 3.50. The van der Waals surface area contributed by atoms with Gasteiger partial charge in [0.1, 0.15) is 0 Å². The van der Waals surface area contributed by atoms with E-state index in [9.17, 15) is 9.59 Å². The van der Waals surface area contributed by atoms with E-state index < -0.39 is 0 Å². The maximum atomic E-state index is 12.7. The zero-order valence-corrected chi connectivity index (χ0v) is 13.3. The maximum Gasteiger partial charge on any atom is 0.255 e. The first-order chi connectivity index (χ1) is 10.5. The number of anilines is 1. The number of carbonyl (C=O) groups is 2. The molecule has 1 aromatic rings. The van der Waals surface area contributed by atoms with E-state index in [1.807, 2.05) is 37.2 Å². The second-order valence-corrected chi connectivity index (χ2v) is 6.43. The first kappa shape index (κ1) is 14.8. The number of amides is 1. The van der Waals surface area contributed by atoms with E-state index in [1.54, 1.807) is 4.90 Å². The summed E-state index contributed by atoms with van der Waals surface area (Å²) < 4.78 is 0. The molecule has 1 heterocycles. The summed E-state index contributed by atoms with van der Waals surface area (Å²) in [7, 11) is 3.95. The summed E-state index contributed by atoms with van der Waals surface area (Å²) in [5.41, 5.74) is 3.82. The molecule has 3 rings (SSSR count). The van der Waals surface area contributed by atoms with Crippen molar-refractivity contribution in [3.8, 4) is 0 Å². The van der Waals surface area contributed by atoms with Crippen molar-refractivity contribution in [2.24, 2.45) is 0 Å². The number of benzene rings is 1. The highest BCUT2D eigenvalue weighted by molar-refractivity contribution is 6.03. The summed E-state index contributed by atoms with van der Waals surface area (Å²) in [5, 5.41) is 0. The average molecular weight is 298 g/mol. The van der Waals surface area contributed by atoms with E-state index in [1.165, 1.54) is 0 Å². The number of fused-ring (bicyclic) bond motifs is 1. The molecule has 1 atom stereocenters. The third-order valence-electron chi connectivity index (χ3n) is 4.63. The van der Waals surface area contributed by atoms with Crippen LogP contribution in [0, 0.1) is 0 Å². The van der Waals surface area contributed by atoms with Gasteiger partial charge < -0.3 is 9.80 Å². The Morgan fingerprint density at radius 2 is 2.05 bits per heavy atom. The van der Waals surface area contributed by atoms with Crippen LogP contribution in [-0.4, -0.2) is 36.7 Å². The van der Waals surface area contributed by atoms with E-state index in [0.717, 1.165) is 41.6 Å². The molecule has 0 N–H and O–H groups in total. The lowest BCUT2D eigenvalue weighted by Crippen LogP contribution is -2.40. The summed E-state index contributed by atoms with van der Waals surface area (Å²) in [6, 6.07) is 5.50. The van der Waals surface area contributed by atoms with Crippen LogP contribution in [0.15, 0.2) is 30.4 Å². The van der Waals surface area contributed by atoms with Crippen LogP contribution in [0.5, 0.6) is 0 Å². The molecule has 1 aromatic carbocycles. The van der Waals surface area contributed by atoms with Crippen molar-refractivity contribution in [3.05, 3.63) is 41.5 Å². The highest BCUT2D eigenvalue weighted by Gasteiger charge is 2.37. The van der Waals surface area contributed by atoms with Gasteiger partial charge in [-0.1, -0.05) is 18.2 Å². The lowest BCUT2D eigenvalue weighted by molar-refractivity contribution is -0.122. The number of ketones is 1.